The molecule has 2 aliphatic heterocycles. The minimum atomic E-state index is 0.00718. The van der Waals surface area contributed by atoms with Gasteiger partial charge in [-0.3, -0.25) is 9.59 Å². The van der Waals surface area contributed by atoms with Crippen molar-refractivity contribution >= 4 is 17.6 Å². The Labute approximate surface area is 214 Å². The fourth-order valence-electron chi connectivity index (χ4n) is 4.80. The van der Waals surface area contributed by atoms with Crippen molar-refractivity contribution in [2.45, 2.75) is 52.6 Å². The lowest BCUT2D eigenvalue weighted by molar-refractivity contribution is -0.142. The maximum absolute atomic E-state index is 13.2. The van der Waals surface area contributed by atoms with Crippen LogP contribution in [0.4, 0.5) is 5.82 Å². The highest BCUT2D eigenvalue weighted by Crippen LogP contribution is 2.20. The molecule has 1 aromatic heterocycles. The van der Waals surface area contributed by atoms with Gasteiger partial charge < -0.3 is 19.4 Å². The number of aryl methyl sites for hydroxylation is 1. The molecular weight excluding hydrogens is 454 g/mol. The summed E-state index contributed by atoms with van der Waals surface area (Å²) in [6.07, 6.45) is 3.29. The summed E-state index contributed by atoms with van der Waals surface area (Å²) in [7, 11) is 0. The summed E-state index contributed by atoms with van der Waals surface area (Å²) < 4.78 is 5.75. The second-order valence-corrected chi connectivity index (χ2v) is 10.4. The van der Waals surface area contributed by atoms with Crippen LogP contribution in [0.15, 0.2) is 36.4 Å². The number of rotatable bonds is 8. The maximum Gasteiger partial charge on any atom is 0.242 e. The number of amides is 2. The quantitative estimate of drug-likeness (QED) is 0.560. The van der Waals surface area contributed by atoms with Gasteiger partial charge in [0, 0.05) is 51.3 Å². The lowest BCUT2D eigenvalue weighted by Crippen LogP contribution is -2.46. The Kier molecular flexibility index (Phi) is 8.91. The third kappa shape index (κ3) is 7.03. The van der Waals surface area contributed by atoms with Gasteiger partial charge in [-0.15, -0.1) is 10.2 Å². The van der Waals surface area contributed by atoms with Crippen LogP contribution >= 0.6 is 0 Å². The Morgan fingerprint density at radius 1 is 1.03 bits per heavy atom. The second-order valence-electron chi connectivity index (χ2n) is 10.4. The molecule has 8 nitrogen and oxygen atoms in total. The van der Waals surface area contributed by atoms with Crippen molar-refractivity contribution in [3.05, 3.63) is 42.0 Å². The maximum atomic E-state index is 13.2. The van der Waals surface area contributed by atoms with E-state index in [1.165, 1.54) is 5.56 Å². The SMILES string of the molecule is Cc1ccc(-c2ccc(N3CCCN(C(=O)CN(C[C@@H]4CCCO4)C(=O)CC(C)C)CC3)nn2)cc1. The van der Waals surface area contributed by atoms with Gasteiger partial charge in [0.1, 0.15) is 0 Å². The van der Waals surface area contributed by atoms with Crippen LogP contribution < -0.4 is 4.90 Å². The lowest BCUT2D eigenvalue weighted by Gasteiger charge is -2.29. The molecule has 2 saturated heterocycles. The summed E-state index contributed by atoms with van der Waals surface area (Å²) in [5.74, 6) is 1.12. The number of hydrogen-bond acceptors (Lipinski definition) is 6. The van der Waals surface area contributed by atoms with E-state index in [-0.39, 0.29) is 30.4 Å². The minimum Gasteiger partial charge on any atom is -0.376 e. The Hall–Kier alpha value is -3.00. The van der Waals surface area contributed by atoms with Crippen LogP contribution in [0.3, 0.4) is 0 Å². The Bertz CT molecular complexity index is 1000. The molecule has 1 aromatic carbocycles. The predicted octanol–water partition coefficient (Wildman–Crippen LogP) is 3.54. The molecule has 0 aliphatic carbocycles. The molecule has 0 spiro atoms. The molecule has 2 amide bonds. The van der Waals surface area contributed by atoms with E-state index in [0.717, 1.165) is 49.5 Å². The van der Waals surface area contributed by atoms with Crippen LogP contribution in [-0.4, -0.2) is 83.8 Å². The van der Waals surface area contributed by atoms with Crippen molar-refractivity contribution in [1.82, 2.24) is 20.0 Å². The Morgan fingerprint density at radius 2 is 1.83 bits per heavy atom. The van der Waals surface area contributed by atoms with Crippen molar-refractivity contribution < 1.29 is 14.3 Å². The summed E-state index contributed by atoms with van der Waals surface area (Å²) in [6.45, 7) is 10.3. The van der Waals surface area contributed by atoms with Crippen molar-refractivity contribution in [1.29, 1.82) is 0 Å². The average molecular weight is 494 g/mol. The van der Waals surface area contributed by atoms with E-state index in [4.69, 9.17) is 4.74 Å². The van der Waals surface area contributed by atoms with E-state index in [0.29, 0.717) is 32.6 Å². The molecule has 2 fully saturated rings. The van der Waals surface area contributed by atoms with E-state index in [9.17, 15) is 9.59 Å². The Morgan fingerprint density at radius 3 is 2.50 bits per heavy atom. The third-order valence-electron chi connectivity index (χ3n) is 6.88. The van der Waals surface area contributed by atoms with Gasteiger partial charge in [0.25, 0.3) is 0 Å². The monoisotopic (exact) mass is 493 g/mol. The highest BCUT2D eigenvalue weighted by atomic mass is 16.5. The molecule has 2 aliphatic rings. The number of carbonyl (C=O) groups excluding carboxylic acids is 2. The van der Waals surface area contributed by atoms with E-state index >= 15 is 0 Å². The van der Waals surface area contributed by atoms with Gasteiger partial charge in [-0.25, -0.2) is 0 Å². The summed E-state index contributed by atoms with van der Waals surface area (Å²) in [6, 6.07) is 12.3. The van der Waals surface area contributed by atoms with E-state index in [1.807, 2.05) is 30.9 Å². The summed E-state index contributed by atoms with van der Waals surface area (Å²) in [5, 5.41) is 8.92. The highest BCUT2D eigenvalue weighted by Gasteiger charge is 2.27. The number of nitrogens with zero attached hydrogens (tertiary/aromatic N) is 5. The molecular formula is C28H39N5O3. The minimum absolute atomic E-state index is 0.00718. The molecule has 0 N–H and O–H groups in total. The molecule has 36 heavy (non-hydrogen) atoms. The van der Waals surface area contributed by atoms with Crippen LogP contribution in [0.1, 0.15) is 45.1 Å². The van der Waals surface area contributed by atoms with E-state index in [1.54, 1.807) is 4.90 Å². The average Bonchev–Trinajstić information content (AvgIpc) is 3.25. The zero-order valence-corrected chi connectivity index (χ0v) is 21.9. The van der Waals surface area contributed by atoms with E-state index in [2.05, 4.69) is 46.3 Å². The van der Waals surface area contributed by atoms with Crippen LogP contribution in [0, 0.1) is 12.8 Å². The zero-order valence-electron chi connectivity index (χ0n) is 21.9. The number of carbonyl (C=O) groups is 2. The van der Waals surface area contributed by atoms with Crippen LogP contribution in [0.5, 0.6) is 0 Å². The first-order chi connectivity index (χ1) is 17.4. The molecule has 0 unspecified atom stereocenters. The van der Waals surface area contributed by atoms with Crippen LogP contribution in [0.2, 0.25) is 0 Å². The second kappa shape index (κ2) is 12.3. The number of anilines is 1. The molecule has 0 saturated carbocycles. The molecule has 0 radical (unpaired) electrons. The largest absolute Gasteiger partial charge is 0.376 e. The summed E-state index contributed by atoms with van der Waals surface area (Å²) in [5.41, 5.74) is 3.11. The predicted molar refractivity (Wildman–Crippen MR) is 141 cm³/mol. The topological polar surface area (TPSA) is 78.9 Å². The molecule has 0 bridgehead atoms. The Balaban J connectivity index is 1.35. The summed E-state index contributed by atoms with van der Waals surface area (Å²) >= 11 is 0. The lowest BCUT2D eigenvalue weighted by atomic mass is 10.1. The smallest absolute Gasteiger partial charge is 0.242 e. The van der Waals surface area contributed by atoms with Crippen molar-refractivity contribution in [2.75, 3.05) is 50.8 Å². The van der Waals surface area contributed by atoms with Crippen LogP contribution in [-0.2, 0) is 14.3 Å². The zero-order chi connectivity index (χ0) is 25.5. The molecule has 2 aromatic rings. The molecule has 8 heteroatoms. The van der Waals surface area contributed by atoms with Gasteiger partial charge in [0.05, 0.1) is 18.3 Å². The van der Waals surface area contributed by atoms with Crippen LogP contribution in [0.25, 0.3) is 11.3 Å². The van der Waals surface area contributed by atoms with Gasteiger partial charge >= 0.3 is 0 Å². The number of hydrogen-bond donors (Lipinski definition) is 0. The van der Waals surface area contributed by atoms with Gasteiger partial charge in [0.15, 0.2) is 5.82 Å². The number of ether oxygens (including phenoxy) is 1. The molecule has 194 valence electrons. The van der Waals surface area contributed by atoms with Gasteiger partial charge in [-0.05, 0) is 44.2 Å². The standard InChI is InChI=1S/C28H39N5O3/c1-21(2)18-27(34)33(19-24-6-4-17-36-24)20-28(35)32-14-5-13-31(15-16-32)26-12-11-25(29-30-26)23-9-7-22(3)8-10-23/h7-12,21,24H,4-6,13-20H2,1-3H3/t24-/m0/s1. The van der Waals surface area contributed by atoms with E-state index < -0.39 is 0 Å². The van der Waals surface area contributed by atoms with Crippen molar-refractivity contribution in [3.8, 4) is 11.3 Å². The first-order valence-electron chi connectivity index (χ1n) is 13.2. The molecule has 1 atom stereocenters. The van der Waals surface area contributed by atoms with Gasteiger partial charge in [-0.2, -0.15) is 0 Å². The first kappa shape index (κ1) is 26.1. The number of aromatic nitrogens is 2. The fraction of sp³-hybridized carbons (Fsp3) is 0.571. The number of benzene rings is 1. The van der Waals surface area contributed by atoms with Gasteiger partial charge in [-0.1, -0.05) is 43.7 Å². The third-order valence-corrected chi connectivity index (χ3v) is 6.88. The highest BCUT2D eigenvalue weighted by molar-refractivity contribution is 5.85. The van der Waals surface area contributed by atoms with Gasteiger partial charge in [0.2, 0.25) is 11.8 Å². The fourth-order valence-corrected chi connectivity index (χ4v) is 4.80. The summed E-state index contributed by atoms with van der Waals surface area (Å²) in [4.78, 5) is 31.9. The normalized spacial score (nSPS) is 18.4. The molecule has 4 rings (SSSR count). The molecule has 3 heterocycles. The van der Waals surface area contributed by atoms with Crippen molar-refractivity contribution in [2.24, 2.45) is 5.92 Å². The first-order valence-corrected chi connectivity index (χ1v) is 13.2. The van der Waals surface area contributed by atoms with Crippen molar-refractivity contribution in [3.63, 3.8) is 0 Å².